The zero-order chi connectivity index (χ0) is 11.9. The molecule has 0 heterocycles. The minimum absolute atomic E-state index is 0.140. The summed E-state index contributed by atoms with van der Waals surface area (Å²) in [7, 11) is 0. The van der Waals surface area contributed by atoms with Crippen LogP contribution in [0.1, 0.15) is 11.1 Å². The van der Waals surface area contributed by atoms with Crippen molar-refractivity contribution in [2.24, 2.45) is 0 Å². The van der Waals surface area contributed by atoms with E-state index in [1.807, 2.05) is 6.07 Å². The highest BCUT2D eigenvalue weighted by molar-refractivity contribution is 9.10. The van der Waals surface area contributed by atoms with Gasteiger partial charge in [0.15, 0.2) is 0 Å². The van der Waals surface area contributed by atoms with Crippen molar-refractivity contribution in [2.75, 3.05) is 0 Å². The van der Waals surface area contributed by atoms with E-state index in [1.165, 1.54) is 0 Å². The lowest BCUT2D eigenvalue weighted by Gasteiger charge is -2.12. The van der Waals surface area contributed by atoms with Crippen molar-refractivity contribution in [3.8, 4) is 11.5 Å². The molecule has 4 heteroatoms. The van der Waals surface area contributed by atoms with E-state index in [-0.39, 0.29) is 17.4 Å². The molecule has 0 spiro atoms. The Morgan fingerprint density at radius 2 is 1.88 bits per heavy atom. The van der Waals surface area contributed by atoms with Gasteiger partial charge in [0.2, 0.25) is 0 Å². The molecule has 2 N–H and O–H groups in total. The predicted octanol–water partition coefficient (Wildman–Crippen LogP) is 4.06. The van der Waals surface area contributed by atoms with E-state index in [2.05, 4.69) is 15.9 Å². The molecule has 0 fully saturated rings. The van der Waals surface area contributed by atoms with Crippen LogP contribution in [0, 0.1) is 6.92 Å². The first-order valence-electron chi connectivity index (χ1n) is 4.75. The molecule has 2 aromatic rings. The summed E-state index contributed by atoms with van der Waals surface area (Å²) >= 11 is 9.10. The predicted molar refractivity (Wildman–Crippen MR) is 69.3 cm³/mol. The molecule has 2 aromatic carbocycles. The third-order valence-electron chi connectivity index (χ3n) is 2.72. The Hall–Kier alpha value is -0.930. The van der Waals surface area contributed by atoms with Crippen LogP contribution in [-0.2, 0) is 5.88 Å². The highest BCUT2D eigenvalue weighted by Gasteiger charge is 2.15. The quantitative estimate of drug-likeness (QED) is 0.616. The van der Waals surface area contributed by atoms with E-state index in [9.17, 15) is 10.2 Å². The number of fused-ring (bicyclic) bond motifs is 1. The number of phenolic OH excluding ortho intramolecular Hbond substituents is 2. The van der Waals surface area contributed by atoms with Crippen molar-refractivity contribution < 1.29 is 10.2 Å². The molecule has 0 saturated carbocycles. The zero-order valence-corrected chi connectivity index (χ0v) is 10.9. The Morgan fingerprint density at radius 1 is 1.19 bits per heavy atom. The van der Waals surface area contributed by atoms with Crippen LogP contribution in [0.25, 0.3) is 10.8 Å². The molecule has 2 rings (SSSR count). The average molecular weight is 302 g/mol. The normalized spacial score (nSPS) is 10.9. The second-order valence-electron chi connectivity index (χ2n) is 3.62. The summed E-state index contributed by atoms with van der Waals surface area (Å²) in [6, 6.07) is 5.35. The lowest BCUT2D eigenvalue weighted by atomic mass is 10.00. The summed E-state index contributed by atoms with van der Waals surface area (Å²) in [4.78, 5) is 0. The molecule has 0 bridgehead atoms. The lowest BCUT2D eigenvalue weighted by molar-refractivity contribution is 0.462. The van der Waals surface area contributed by atoms with E-state index < -0.39 is 0 Å². The smallest absolute Gasteiger partial charge is 0.128 e. The topological polar surface area (TPSA) is 40.5 Å². The van der Waals surface area contributed by atoms with Crippen molar-refractivity contribution in [2.45, 2.75) is 12.8 Å². The van der Waals surface area contributed by atoms with Gasteiger partial charge in [-0.3, -0.25) is 0 Å². The molecular weight excluding hydrogens is 291 g/mol. The Kier molecular flexibility index (Phi) is 3.00. The number of alkyl halides is 1. The zero-order valence-electron chi connectivity index (χ0n) is 8.59. The Balaban J connectivity index is 2.96. The summed E-state index contributed by atoms with van der Waals surface area (Å²) in [5, 5.41) is 21.3. The second kappa shape index (κ2) is 4.15. The van der Waals surface area contributed by atoms with E-state index in [1.54, 1.807) is 19.1 Å². The molecule has 0 aliphatic carbocycles. The minimum atomic E-state index is 0.140. The molecule has 0 radical (unpaired) electrons. The Labute approximate surface area is 107 Å². The van der Waals surface area contributed by atoms with Crippen LogP contribution in [0.2, 0.25) is 0 Å². The largest absolute Gasteiger partial charge is 0.507 e. The minimum Gasteiger partial charge on any atom is -0.507 e. The maximum atomic E-state index is 10.1. The summed E-state index contributed by atoms with van der Waals surface area (Å²) < 4.78 is 0.846. The fourth-order valence-corrected chi connectivity index (χ4v) is 2.46. The van der Waals surface area contributed by atoms with Gasteiger partial charge in [-0.05, 0) is 30.7 Å². The van der Waals surface area contributed by atoms with Crippen molar-refractivity contribution in [1.29, 1.82) is 0 Å². The van der Waals surface area contributed by atoms with Crippen LogP contribution in [0.4, 0.5) is 0 Å². The summed E-state index contributed by atoms with van der Waals surface area (Å²) in [5.41, 5.74) is 1.20. The van der Waals surface area contributed by atoms with Crippen molar-refractivity contribution in [3.05, 3.63) is 33.8 Å². The third kappa shape index (κ3) is 1.64. The molecular formula is C12H10BrClO2. The maximum Gasteiger partial charge on any atom is 0.128 e. The standard InChI is InChI=1S/C12H10BrClO2/c1-6-10(5-14)12(16)9-4-7(13)2-3-8(9)11(6)15/h2-4,15-16H,5H2,1H3. The number of halogens is 2. The average Bonchev–Trinajstić information content (AvgIpc) is 2.27. The first-order valence-corrected chi connectivity index (χ1v) is 6.07. The number of rotatable bonds is 1. The molecule has 0 saturated heterocycles. The SMILES string of the molecule is Cc1c(CCl)c(O)c2cc(Br)ccc2c1O. The van der Waals surface area contributed by atoms with Gasteiger partial charge < -0.3 is 10.2 Å². The molecule has 0 amide bonds. The van der Waals surface area contributed by atoms with Gasteiger partial charge in [0.25, 0.3) is 0 Å². The Bertz CT molecular complexity index is 567. The van der Waals surface area contributed by atoms with Crippen LogP contribution in [0.15, 0.2) is 22.7 Å². The number of hydrogen-bond acceptors (Lipinski definition) is 2. The van der Waals surface area contributed by atoms with Crippen LogP contribution < -0.4 is 0 Å². The molecule has 0 atom stereocenters. The highest BCUT2D eigenvalue weighted by Crippen LogP contribution is 2.40. The number of aromatic hydroxyl groups is 2. The molecule has 0 unspecified atom stereocenters. The maximum absolute atomic E-state index is 10.1. The van der Waals surface area contributed by atoms with Gasteiger partial charge in [0, 0.05) is 20.8 Å². The Morgan fingerprint density at radius 3 is 2.50 bits per heavy atom. The van der Waals surface area contributed by atoms with E-state index in [4.69, 9.17) is 11.6 Å². The van der Waals surface area contributed by atoms with Gasteiger partial charge in [0.1, 0.15) is 11.5 Å². The van der Waals surface area contributed by atoms with Gasteiger partial charge in [0.05, 0.1) is 5.88 Å². The first-order chi connectivity index (χ1) is 7.56. The first kappa shape index (κ1) is 11.6. The molecule has 84 valence electrons. The number of phenols is 2. The van der Waals surface area contributed by atoms with Gasteiger partial charge >= 0.3 is 0 Å². The van der Waals surface area contributed by atoms with Crippen LogP contribution >= 0.6 is 27.5 Å². The molecule has 0 aromatic heterocycles. The monoisotopic (exact) mass is 300 g/mol. The second-order valence-corrected chi connectivity index (χ2v) is 4.81. The van der Waals surface area contributed by atoms with Crippen LogP contribution in [0.5, 0.6) is 11.5 Å². The summed E-state index contributed by atoms with van der Waals surface area (Å²) in [6.45, 7) is 1.74. The van der Waals surface area contributed by atoms with Crippen molar-refractivity contribution >= 4 is 38.3 Å². The number of benzene rings is 2. The molecule has 0 aliphatic rings. The van der Waals surface area contributed by atoms with Crippen molar-refractivity contribution in [3.63, 3.8) is 0 Å². The van der Waals surface area contributed by atoms with Gasteiger partial charge in [-0.2, -0.15) is 0 Å². The van der Waals surface area contributed by atoms with E-state index >= 15 is 0 Å². The fourth-order valence-electron chi connectivity index (χ4n) is 1.77. The summed E-state index contributed by atoms with van der Waals surface area (Å²) in [5.74, 6) is 0.491. The fraction of sp³-hybridized carbons (Fsp3) is 0.167. The van der Waals surface area contributed by atoms with E-state index in [0.29, 0.717) is 21.9 Å². The summed E-state index contributed by atoms with van der Waals surface area (Å²) in [6.07, 6.45) is 0. The van der Waals surface area contributed by atoms with E-state index in [0.717, 1.165) is 4.47 Å². The number of hydrogen-bond donors (Lipinski definition) is 2. The third-order valence-corrected chi connectivity index (χ3v) is 3.48. The highest BCUT2D eigenvalue weighted by atomic mass is 79.9. The van der Waals surface area contributed by atoms with Crippen molar-refractivity contribution in [1.82, 2.24) is 0 Å². The lowest BCUT2D eigenvalue weighted by Crippen LogP contribution is -1.89. The molecule has 2 nitrogen and oxygen atoms in total. The van der Waals surface area contributed by atoms with Gasteiger partial charge in [-0.15, -0.1) is 11.6 Å². The van der Waals surface area contributed by atoms with Crippen LogP contribution in [-0.4, -0.2) is 10.2 Å². The molecule has 16 heavy (non-hydrogen) atoms. The van der Waals surface area contributed by atoms with Gasteiger partial charge in [-0.1, -0.05) is 15.9 Å². The molecule has 0 aliphatic heterocycles. The van der Waals surface area contributed by atoms with Crippen LogP contribution in [0.3, 0.4) is 0 Å². The van der Waals surface area contributed by atoms with Gasteiger partial charge in [-0.25, -0.2) is 0 Å².